The topological polar surface area (TPSA) is 21.3 Å². The van der Waals surface area contributed by atoms with Gasteiger partial charge in [-0.15, -0.1) is 0 Å². The molecule has 0 aromatic heterocycles. The molecule has 1 rings (SSSR count). The molecule has 4 heteroatoms. The van der Waals surface area contributed by atoms with Gasteiger partial charge in [-0.25, -0.2) is 0 Å². The highest BCUT2D eigenvalue weighted by Crippen LogP contribution is 2.23. The lowest BCUT2D eigenvalue weighted by Gasteiger charge is -2.13. The Hall–Kier alpha value is -0.0900. The Morgan fingerprint density at radius 3 is 2.89 bits per heavy atom. The number of halogens is 2. The minimum Gasteiger partial charge on any atom is -0.383 e. The number of methoxy groups -OCH3 is 1. The molecule has 1 aromatic rings. The van der Waals surface area contributed by atoms with Gasteiger partial charge >= 0.3 is 0 Å². The van der Waals surface area contributed by atoms with Crippen molar-refractivity contribution < 1.29 is 4.74 Å². The van der Waals surface area contributed by atoms with E-state index in [1.54, 1.807) is 7.11 Å². The number of nitrogens with one attached hydrogen (secondary N) is 1. The first-order valence-corrected chi connectivity index (χ1v) is 7.44. The lowest BCUT2D eigenvalue weighted by atomic mass is 10.0. The molecule has 102 valence electrons. The molecule has 1 N–H and O–H groups in total. The number of ether oxygens (including phenoxy) is 1. The number of hydrogen-bond acceptors (Lipinski definition) is 2. The van der Waals surface area contributed by atoms with Crippen molar-refractivity contribution in [3.63, 3.8) is 0 Å². The Kier molecular flexibility index (Phi) is 7.91. The third-order valence-corrected chi connectivity index (χ3v) is 3.74. The van der Waals surface area contributed by atoms with Crippen LogP contribution in [0.15, 0.2) is 22.7 Å². The summed E-state index contributed by atoms with van der Waals surface area (Å²) in [5.74, 6) is 0.640. The number of aryl methyl sites for hydroxylation is 1. The molecule has 0 heterocycles. The fraction of sp³-hybridized carbons (Fsp3) is 0.571. The van der Waals surface area contributed by atoms with Crippen molar-refractivity contribution in [3.05, 3.63) is 33.3 Å². The van der Waals surface area contributed by atoms with E-state index >= 15 is 0 Å². The largest absolute Gasteiger partial charge is 0.383 e. The molecule has 0 saturated carbocycles. The highest BCUT2D eigenvalue weighted by molar-refractivity contribution is 9.10. The average molecular weight is 335 g/mol. The zero-order chi connectivity index (χ0) is 13.4. The molecule has 18 heavy (non-hydrogen) atoms. The van der Waals surface area contributed by atoms with Crippen molar-refractivity contribution in [1.29, 1.82) is 0 Å². The third kappa shape index (κ3) is 6.19. The van der Waals surface area contributed by atoms with E-state index in [1.807, 2.05) is 12.1 Å². The van der Waals surface area contributed by atoms with Crippen molar-refractivity contribution in [2.45, 2.75) is 19.8 Å². The van der Waals surface area contributed by atoms with Crippen LogP contribution >= 0.6 is 27.5 Å². The van der Waals surface area contributed by atoms with E-state index in [9.17, 15) is 0 Å². The van der Waals surface area contributed by atoms with E-state index in [-0.39, 0.29) is 0 Å². The van der Waals surface area contributed by atoms with Crippen LogP contribution in [0.2, 0.25) is 5.02 Å². The minimum absolute atomic E-state index is 0.640. The molecule has 0 fully saturated rings. The summed E-state index contributed by atoms with van der Waals surface area (Å²) >= 11 is 9.62. The minimum atomic E-state index is 0.640. The Labute approximate surface area is 123 Å². The molecule has 0 amide bonds. The van der Waals surface area contributed by atoms with Crippen LogP contribution in [0.3, 0.4) is 0 Å². The quantitative estimate of drug-likeness (QED) is 0.728. The predicted octanol–water partition coefficient (Wildman–Crippen LogP) is 3.91. The van der Waals surface area contributed by atoms with Crippen molar-refractivity contribution in [2.75, 3.05) is 26.8 Å². The highest BCUT2D eigenvalue weighted by atomic mass is 79.9. The van der Waals surface area contributed by atoms with Crippen LogP contribution in [0.1, 0.15) is 18.9 Å². The molecule has 1 unspecified atom stereocenters. The monoisotopic (exact) mass is 333 g/mol. The van der Waals surface area contributed by atoms with Gasteiger partial charge in [0, 0.05) is 23.1 Å². The van der Waals surface area contributed by atoms with Crippen molar-refractivity contribution >= 4 is 27.5 Å². The first-order chi connectivity index (χ1) is 8.63. The summed E-state index contributed by atoms with van der Waals surface area (Å²) in [5, 5.41) is 4.23. The van der Waals surface area contributed by atoms with Gasteiger partial charge in [-0.2, -0.15) is 0 Å². The molecule has 0 aliphatic rings. The maximum Gasteiger partial charge on any atom is 0.0587 e. The molecule has 0 radical (unpaired) electrons. The van der Waals surface area contributed by atoms with Gasteiger partial charge in [0.25, 0.3) is 0 Å². The van der Waals surface area contributed by atoms with E-state index in [0.29, 0.717) is 5.92 Å². The Morgan fingerprint density at radius 2 is 2.22 bits per heavy atom. The van der Waals surface area contributed by atoms with Gasteiger partial charge in [0.05, 0.1) is 6.61 Å². The van der Waals surface area contributed by atoms with Gasteiger partial charge in [-0.05, 0) is 43.0 Å². The summed E-state index contributed by atoms with van der Waals surface area (Å²) in [7, 11) is 1.72. The van der Waals surface area contributed by atoms with E-state index in [0.717, 1.165) is 42.0 Å². The van der Waals surface area contributed by atoms with Gasteiger partial charge in [0.2, 0.25) is 0 Å². The number of rotatable bonds is 8. The standard InChI is InChI=1S/C14H21BrClNO/c1-11(10-17-7-8-18-2)3-4-12-5-6-13(15)9-14(12)16/h5-6,9,11,17H,3-4,7-8,10H2,1-2H3. The Morgan fingerprint density at radius 1 is 1.44 bits per heavy atom. The Bertz CT molecular complexity index is 360. The van der Waals surface area contributed by atoms with E-state index < -0.39 is 0 Å². The second-order valence-corrected chi connectivity index (χ2v) is 5.90. The summed E-state index contributed by atoms with van der Waals surface area (Å²) in [4.78, 5) is 0. The smallest absolute Gasteiger partial charge is 0.0587 e. The van der Waals surface area contributed by atoms with Crippen LogP contribution in [-0.4, -0.2) is 26.8 Å². The molecule has 0 bridgehead atoms. The first kappa shape index (κ1) is 16.0. The molecule has 1 atom stereocenters. The van der Waals surface area contributed by atoms with Gasteiger partial charge in [0.15, 0.2) is 0 Å². The maximum absolute atomic E-state index is 6.20. The fourth-order valence-corrected chi connectivity index (χ4v) is 2.52. The zero-order valence-electron chi connectivity index (χ0n) is 11.0. The molecule has 0 aliphatic heterocycles. The molecule has 1 aromatic carbocycles. The lowest BCUT2D eigenvalue weighted by Crippen LogP contribution is -2.25. The molecule has 2 nitrogen and oxygen atoms in total. The zero-order valence-corrected chi connectivity index (χ0v) is 13.4. The first-order valence-electron chi connectivity index (χ1n) is 6.27. The van der Waals surface area contributed by atoms with Crippen LogP contribution in [0.25, 0.3) is 0 Å². The third-order valence-electron chi connectivity index (χ3n) is 2.90. The van der Waals surface area contributed by atoms with Crippen LogP contribution < -0.4 is 5.32 Å². The normalized spacial score (nSPS) is 12.7. The van der Waals surface area contributed by atoms with Crippen molar-refractivity contribution in [1.82, 2.24) is 5.32 Å². The summed E-state index contributed by atoms with van der Waals surface area (Å²) in [6, 6.07) is 6.10. The SMILES string of the molecule is COCCNCC(C)CCc1ccc(Br)cc1Cl. The molecular weight excluding hydrogens is 314 g/mol. The van der Waals surface area contributed by atoms with Crippen LogP contribution in [-0.2, 0) is 11.2 Å². The van der Waals surface area contributed by atoms with Crippen LogP contribution in [0, 0.1) is 5.92 Å². The molecular formula is C14H21BrClNO. The fourth-order valence-electron chi connectivity index (χ4n) is 1.75. The average Bonchev–Trinajstić information content (AvgIpc) is 2.33. The molecule has 0 spiro atoms. The maximum atomic E-state index is 6.20. The van der Waals surface area contributed by atoms with Gasteiger partial charge in [-0.1, -0.05) is 40.5 Å². The van der Waals surface area contributed by atoms with E-state index in [2.05, 4.69) is 34.2 Å². The van der Waals surface area contributed by atoms with Crippen molar-refractivity contribution in [3.8, 4) is 0 Å². The van der Waals surface area contributed by atoms with Gasteiger partial charge < -0.3 is 10.1 Å². The number of benzene rings is 1. The molecule has 0 saturated heterocycles. The number of hydrogen-bond donors (Lipinski definition) is 1. The highest BCUT2D eigenvalue weighted by Gasteiger charge is 2.05. The Balaban J connectivity index is 2.27. The van der Waals surface area contributed by atoms with E-state index in [4.69, 9.17) is 16.3 Å². The van der Waals surface area contributed by atoms with Crippen molar-refractivity contribution in [2.24, 2.45) is 5.92 Å². The second kappa shape index (κ2) is 8.92. The predicted molar refractivity (Wildman–Crippen MR) is 81.4 cm³/mol. The lowest BCUT2D eigenvalue weighted by molar-refractivity contribution is 0.198. The van der Waals surface area contributed by atoms with Gasteiger partial charge in [0.1, 0.15) is 0 Å². The second-order valence-electron chi connectivity index (χ2n) is 4.58. The van der Waals surface area contributed by atoms with Crippen LogP contribution in [0.5, 0.6) is 0 Å². The van der Waals surface area contributed by atoms with Crippen LogP contribution in [0.4, 0.5) is 0 Å². The van der Waals surface area contributed by atoms with E-state index in [1.165, 1.54) is 5.56 Å². The summed E-state index contributed by atoms with van der Waals surface area (Å²) in [5.41, 5.74) is 1.23. The summed E-state index contributed by atoms with van der Waals surface area (Å²) < 4.78 is 6.03. The van der Waals surface area contributed by atoms with Gasteiger partial charge in [-0.3, -0.25) is 0 Å². The summed E-state index contributed by atoms with van der Waals surface area (Å²) in [6.45, 7) is 4.97. The molecule has 0 aliphatic carbocycles. The summed E-state index contributed by atoms with van der Waals surface area (Å²) in [6.07, 6.45) is 2.17.